The molecule has 1 amide bonds. The number of carbonyl (C=O) groups excluding carboxylic acids is 1. The second-order valence-corrected chi connectivity index (χ2v) is 4.53. The standard InChI is InChI=1S/C12H15N3O2/c1-12(2,10-4-3-5-17-10)8-13-11(16)9-6-14-15-7-9/h3-7H,8H2,1-2H3,(H,13,16)(H,14,15). The molecule has 0 saturated heterocycles. The highest BCUT2D eigenvalue weighted by atomic mass is 16.3. The van der Waals surface area contributed by atoms with Crippen molar-refractivity contribution < 1.29 is 9.21 Å². The van der Waals surface area contributed by atoms with Gasteiger partial charge in [-0.2, -0.15) is 5.10 Å². The number of hydrogen-bond acceptors (Lipinski definition) is 3. The third kappa shape index (κ3) is 2.55. The van der Waals surface area contributed by atoms with Crippen LogP contribution in [0.15, 0.2) is 35.2 Å². The van der Waals surface area contributed by atoms with E-state index in [0.717, 1.165) is 5.76 Å². The Hall–Kier alpha value is -2.04. The van der Waals surface area contributed by atoms with Crippen molar-refractivity contribution in [1.82, 2.24) is 15.5 Å². The number of hydrogen-bond donors (Lipinski definition) is 2. The fraction of sp³-hybridized carbons (Fsp3) is 0.333. The summed E-state index contributed by atoms with van der Waals surface area (Å²) in [5.41, 5.74) is 0.295. The normalized spacial score (nSPS) is 11.4. The summed E-state index contributed by atoms with van der Waals surface area (Å²) in [6, 6.07) is 3.75. The predicted octanol–water partition coefficient (Wildman–Crippen LogP) is 1.71. The van der Waals surface area contributed by atoms with E-state index in [9.17, 15) is 4.79 Å². The number of nitrogens with one attached hydrogen (secondary N) is 2. The van der Waals surface area contributed by atoms with Gasteiger partial charge in [0.05, 0.1) is 18.0 Å². The molecule has 0 aromatic carbocycles. The lowest BCUT2D eigenvalue weighted by Crippen LogP contribution is -2.36. The Balaban J connectivity index is 1.96. The van der Waals surface area contributed by atoms with Gasteiger partial charge in [0.25, 0.3) is 5.91 Å². The largest absolute Gasteiger partial charge is 0.469 e. The first-order valence-electron chi connectivity index (χ1n) is 5.40. The topological polar surface area (TPSA) is 70.9 Å². The first-order chi connectivity index (χ1) is 8.09. The monoisotopic (exact) mass is 233 g/mol. The molecule has 5 heteroatoms. The van der Waals surface area contributed by atoms with Crippen molar-refractivity contribution in [2.45, 2.75) is 19.3 Å². The lowest BCUT2D eigenvalue weighted by atomic mass is 9.90. The average molecular weight is 233 g/mol. The molecular weight excluding hydrogens is 218 g/mol. The molecule has 0 radical (unpaired) electrons. The summed E-state index contributed by atoms with van der Waals surface area (Å²) in [6.45, 7) is 4.54. The molecule has 2 heterocycles. The van der Waals surface area contributed by atoms with E-state index in [1.807, 2.05) is 26.0 Å². The lowest BCUT2D eigenvalue weighted by Gasteiger charge is -2.22. The van der Waals surface area contributed by atoms with Gasteiger partial charge in [0.15, 0.2) is 0 Å². The van der Waals surface area contributed by atoms with Crippen LogP contribution in [0, 0.1) is 0 Å². The van der Waals surface area contributed by atoms with Crippen molar-refractivity contribution in [3.63, 3.8) is 0 Å². The van der Waals surface area contributed by atoms with E-state index >= 15 is 0 Å². The van der Waals surface area contributed by atoms with E-state index in [4.69, 9.17) is 4.42 Å². The highest BCUT2D eigenvalue weighted by molar-refractivity contribution is 5.93. The van der Waals surface area contributed by atoms with Crippen LogP contribution in [0.25, 0.3) is 0 Å². The molecular formula is C12H15N3O2. The van der Waals surface area contributed by atoms with Crippen molar-refractivity contribution in [3.05, 3.63) is 42.1 Å². The van der Waals surface area contributed by atoms with Gasteiger partial charge in [-0.05, 0) is 12.1 Å². The van der Waals surface area contributed by atoms with Crippen molar-refractivity contribution in [1.29, 1.82) is 0 Å². The second kappa shape index (κ2) is 4.45. The Morgan fingerprint density at radius 1 is 1.59 bits per heavy atom. The quantitative estimate of drug-likeness (QED) is 0.844. The Morgan fingerprint density at radius 2 is 2.41 bits per heavy atom. The van der Waals surface area contributed by atoms with Crippen LogP contribution >= 0.6 is 0 Å². The van der Waals surface area contributed by atoms with E-state index < -0.39 is 0 Å². The molecule has 0 fully saturated rings. The average Bonchev–Trinajstić information content (AvgIpc) is 2.97. The zero-order valence-corrected chi connectivity index (χ0v) is 9.86. The summed E-state index contributed by atoms with van der Waals surface area (Å²) in [5, 5.41) is 9.19. The number of furan rings is 1. The van der Waals surface area contributed by atoms with Crippen LogP contribution in [0.5, 0.6) is 0 Å². The number of rotatable bonds is 4. The van der Waals surface area contributed by atoms with Crippen LogP contribution < -0.4 is 5.32 Å². The van der Waals surface area contributed by atoms with Gasteiger partial charge in [-0.1, -0.05) is 13.8 Å². The first kappa shape index (κ1) is 11.4. The molecule has 0 aliphatic carbocycles. The molecule has 5 nitrogen and oxygen atoms in total. The van der Waals surface area contributed by atoms with Crippen LogP contribution in [0.2, 0.25) is 0 Å². The van der Waals surface area contributed by atoms with Crippen LogP contribution in [0.1, 0.15) is 30.0 Å². The van der Waals surface area contributed by atoms with Gasteiger partial charge in [-0.3, -0.25) is 9.89 Å². The summed E-state index contributed by atoms with van der Waals surface area (Å²) in [7, 11) is 0. The van der Waals surface area contributed by atoms with Crippen LogP contribution in [0.4, 0.5) is 0 Å². The molecule has 2 N–H and O–H groups in total. The van der Waals surface area contributed by atoms with Gasteiger partial charge in [-0.15, -0.1) is 0 Å². The maximum absolute atomic E-state index is 11.7. The van der Waals surface area contributed by atoms with Crippen LogP contribution in [-0.2, 0) is 5.41 Å². The van der Waals surface area contributed by atoms with E-state index in [1.54, 1.807) is 12.5 Å². The zero-order chi connectivity index (χ0) is 12.3. The molecule has 90 valence electrons. The summed E-state index contributed by atoms with van der Waals surface area (Å²) in [4.78, 5) is 11.7. The molecule has 0 unspecified atom stereocenters. The number of nitrogens with zero attached hydrogens (tertiary/aromatic N) is 1. The van der Waals surface area contributed by atoms with E-state index in [0.29, 0.717) is 12.1 Å². The summed E-state index contributed by atoms with van der Waals surface area (Å²) >= 11 is 0. The van der Waals surface area contributed by atoms with Crippen LogP contribution in [0.3, 0.4) is 0 Å². The number of carbonyl (C=O) groups is 1. The zero-order valence-electron chi connectivity index (χ0n) is 9.86. The fourth-order valence-electron chi connectivity index (χ4n) is 1.53. The first-order valence-corrected chi connectivity index (χ1v) is 5.40. The van der Waals surface area contributed by atoms with Crippen molar-refractivity contribution in [3.8, 4) is 0 Å². The van der Waals surface area contributed by atoms with Crippen LogP contribution in [-0.4, -0.2) is 22.6 Å². The third-order valence-electron chi connectivity index (χ3n) is 2.64. The Bertz CT molecular complexity index is 472. The minimum absolute atomic E-state index is 0.140. The Morgan fingerprint density at radius 3 is 3.00 bits per heavy atom. The molecule has 17 heavy (non-hydrogen) atoms. The number of aromatic amines is 1. The highest BCUT2D eigenvalue weighted by Crippen LogP contribution is 2.22. The molecule has 0 saturated carbocycles. The summed E-state index contributed by atoms with van der Waals surface area (Å²) in [5.74, 6) is 0.711. The van der Waals surface area contributed by atoms with Crippen molar-refractivity contribution >= 4 is 5.91 Å². The van der Waals surface area contributed by atoms with Gasteiger partial charge in [-0.25, -0.2) is 0 Å². The molecule has 2 aromatic rings. The van der Waals surface area contributed by atoms with Gasteiger partial charge in [0, 0.05) is 18.2 Å². The molecule has 0 aliphatic rings. The van der Waals surface area contributed by atoms with Gasteiger partial charge >= 0.3 is 0 Å². The molecule has 0 aliphatic heterocycles. The van der Waals surface area contributed by atoms with Gasteiger partial charge < -0.3 is 9.73 Å². The minimum Gasteiger partial charge on any atom is -0.469 e. The second-order valence-electron chi connectivity index (χ2n) is 4.53. The van der Waals surface area contributed by atoms with Crippen molar-refractivity contribution in [2.75, 3.05) is 6.54 Å². The molecule has 2 rings (SSSR count). The lowest BCUT2D eigenvalue weighted by molar-refractivity contribution is 0.0944. The number of amides is 1. The smallest absolute Gasteiger partial charge is 0.254 e. The number of aromatic nitrogens is 2. The Kier molecular flexibility index (Phi) is 2.99. The Labute approximate surface area is 99.2 Å². The summed E-state index contributed by atoms with van der Waals surface area (Å²) < 4.78 is 5.35. The summed E-state index contributed by atoms with van der Waals surface area (Å²) in [6.07, 6.45) is 4.69. The maximum Gasteiger partial charge on any atom is 0.254 e. The van der Waals surface area contributed by atoms with E-state index in [2.05, 4.69) is 15.5 Å². The maximum atomic E-state index is 11.7. The molecule has 0 bridgehead atoms. The van der Waals surface area contributed by atoms with Crippen molar-refractivity contribution in [2.24, 2.45) is 0 Å². The number of H-pyrrole nitrogens is 1. The minimum atomic E-state index is -0.233. The van der Waals surface area contributed by atoms with E-state index in [1.165, 1.54) is 6.20 Å². The van der Waals surface area contributed by atoms with Gasteiger partial charge in [0.1, 0.15) is 5.76 Å². The van der Waals surface area contributed by atoms with Gasteiger partial charge in [0.2, 0.25) is 0 Å². The predicted molar refractivity (Wildman–Crippen MR) is 62.7 cm³/mol. The molecule has 2 aromatic heterocycles. The fourth-order valence-corrected chi connectivity index (χ4v) is 1.53. The third-order valence-corrected chi connectivity index (χ3v) is 2.64. The SMILES string of the molecule is CC(C)(CNC(=O)c1cn[nH]c1)c1ccco1. The highest BCUT2D eigenvalue weighted by Gasteiger charge is 2.24. The molecule has 0 atom stereocenters. The molecule has 0 spiro atoms. The van der Waals surface area contributed by atoms with E-state index in [-0.39, 0.29) is 11.3 Å².